The van der Waals surface area contributed by atoms with Crippen molar-refractivity contribution in [2.24, 2.45) is 0 Å². The Hall–Kier alpha value is -0.270. The van der Waals surface area contributed by atoms with Gasteiger partial charge in [-0.3, -0.25) is 0 Å². The number of hydrogen-bond donors (Lipinski definition) is 0. The van der Waals surface area contributed by atoms with Crippen molar-refractivity contribution in [3.8, 4) is 0 Å². The SMILES string of the molecule is Fc1ccc(CCl)c(CCCCl)c1. The highest BCUT2D eigenvalue weighted by Gasteiger charge is 2.02. The van der Waals surface area contributed by atoms with Crippen LogP contribution < -0.4 is 0 Å². The van der Waals surface area contributed by atoms with Gasteiger partial charge in [0, 0.05) is 11.8 Å². The van der Waals surface area contributed by atoms with Gasteiger partial charge in [0.2, 0.25) is 0 Å². The monoisotopic (exact) mass is 220 g/mol. The molecule has 1 aromatic rings. The van der Waals surface area contributed by atoms with E-state index >= 15 is 0 Å². The van der Waals surface area contributed by atoms with E-state index in [-0.39, 0.29) is 5.82 Å². The maximum absolute atomic E-state index is 12.8. The van der Waals surface area contributed by atoms with E-state index in [0.29, 0.717) is 11.8 Å². The summed E-state index contributed by atoms with van der Waals surface area (Å²) in [6.45, 7) is 0. The lowest BCUT2D eigenvalue weighted by molar-refractivity contribution is 0.624. The summed E-state index contributed by atoms with van der Waals surface area (Å²) in [7, 11) is 0. The summed E-state index contributed by atoms with van der Waals surface area (Å²) in [6.07, 6.45) is 1.65. The molecule has 0 N–H and O–H groups in total. The fraction of sp³-hybridized carbons (Fsp3) is 0.400. The fourth-order valence-corrected chi connectivity index (χ4v) is 1.61. The fourth-order valence-electron chi connectivity index (χ4n) is 1.21. The molecule has 13 heavy (non-hydrogen) atoms. The zero-order valence-corrected chi connectivity index (χ0v) is 8.71. The molecule has 0 heterocycles. The molecular formula is C10H11Cl2F. The van der Waals surface area contributed by atoms with Crippen molar-refractivity contribution in [1.29, 1.82) is 0 Å². The maximum atomic E-state index is 12.8. The molecule has 0 nitrogen and oxygen atoms in total. The van der Waals surface area contributed by atoms with Gasteiger partial charge in [0.05, 0.1) is 0 Å². The first-order valence-corrected chi connectivity index (χ1v) is 5.24. The van der Waals surface area contributed by atoms with Gasteiger partial charge in [-0.2, -0.15) is 0 Å². The Bertz CT molecular complexity index is 274. The van der Waals surface area contributed by atoms with E-state index in [9.17, 15) is 4.39 Å². The van der Waals surface area contributed by atoms with E-state index in [1.54, 1.807) is 6.07 Å². The molecule has 0 amide bonds. The Labute approximate surface area is 87.7 Å². The Morgan fingerprint density at radius 3 is 2.54 bits per heavy atom. The van der Waals surface area contributed by atoms with Gasteiger partial charge < -0.3 is 0 Å². The molecule has 0 aliphatic carbocycles. The van der Waals surface area contributed by atoms with Crippen LogP contribution in [-0.2, 0) is 12.3 Å². The molecule has 3 heteroatoms. The van der Waals surface area contributed by atoms with Crippen LogP contribution in [-0.4, -0.2) is 5.88 Å². The first-order chi connectivity index (χ1) is 6.27. The molecule has 0 saturated heterocycles. The summed E-state index contributed by atoms with van der Waals surface area (Å²) in [5, 5.41) is 0. The minimum Gasteiger partial charge on any atom is -0.207 e. The first kappa shape index (κ1) is 10.8. The van der Waals surface area contributed by atoms with Gasteiger partial charge in [-0.1, -0.05) is 6.07 Å². The number of alkyl halides is 2. The van der Waals surface area contributed by atoms with Crippen LogP contribution in [0.2, 0.25) is 0 Å². The predicted octanol–water partition coefficient (Wildman–Crippen LogP) is 3.74. The van der Waals surface area contributed by atoms with E-state index in [0.717, 1.165) is 24.0 Å². The Balaban J connectivity index is 2.81. The second-order valence-electron chi connectivity index (χ2n) is 2.84. The van der Waals surface area contributed by atoms with E-state index in [1.807, 2.05) is 0 Å². The van der Waals surface area contributed by atoms with Gasteiger partial charge in [-0.05, 0) is 36.1 Å². The molecule has 72 valence electrons. The molecule has 0 unspecified atom stereocenters. The van der Waals surface area contributed by atoms with Crippen molar-refractivity contribution in [1.82, 2.24) is 0 Å². The number of rotatable bonds is 4. The highest BCUT2D eigenvalue weighted by molar-refractivity contribution is 6.18. The molecule has 0 radical (unpaired) electrons. The van der Waals surface area contributed by atoms with Crippen molar-refractivity contribution in [3.63, 3.8) is 0 Å². The van der Waals surface area contributed by atoms with Crippen LogP contribution in [0.5, 0.6) is 0 Å². The number of halogens is 3. The van der Waals surface area contributed by atoms with Crippen molar-refractivity contribution >= 4 is 23.2 Å². The number of aryl methyl sites for hydroxylation is 1. The summed E-state index contributed by atoms with van der Waals surface area (Å²) in [6, 6.07) is 4.69. The highest BCUT2D eigenvalue weighted by Crippen LogP contribution is 2.15. The predicted molar refractivity (Wildman–Crippen MR) is 55.0 cm³/mol. The van der Waals surface area contributed by atoms with Crippen molar-refractivity contribution in [2.75, 3.05) is 5.88 Å². The summed E-state index contributed by atoms with van der Waals surface area (Å²) < 4.78 is 12.8. The van der Waals surface area contributed by atoms with E-state index < -0.39 is 0 Å². The highest BCUT2D eigenvalue weighted by atomic mass is 35.5. The van der Waals surface area contributed by atoms with E-state index in [1.165, 1.54) is 12.1 Å². The van der Waals surface area contributed by atoms with Crippen LogP contribution in [0.4, 0.5) is 4.39 Å². The number of benzene rings is 1. The van der Waals surface area contributed by atoms with Crippen LogP contribution in [0.25, 0.3) is 0 Å². The molecule has 0 bridgehead atoms. The van der Waals surface area contributed by atoms with Crippen LogP contribution in [0.1, 0.15) is 17.5 Å². The largest absolute Gasteiger partial charge is 0.207 e. The van der Waals surface area contributed by atoms with Crippen LogP contribution >= 0.6 is 23.2 Å². The number of hydrogen-bond acceptors (Lipinski definition) is 0. The van der Waals surface area contributed by atoms with Gasteiger partial charge in [0.25, 0.3) is 0 Å². The molecular weight excluding hydrogens is 210 g/mol. The van der Waals surface area contributed by atoms with Crippen LogP contribution in [0, 0.1) is 5.82 Å². The molecule has 0 aliphatic heterocycles. The summed E-state index contributed by atoms with van der Waals surface area (Å²) >= 11 is 11.3. The van der Waals surface area contributed by atoms with Crippen molar-refractivity contribution in [2.45, 2.75) is 18.7 Å². The standard InChI is InChI=1S/C10H11Cl2F/c11-5-1-2-8-6-10(13)4-3-9(8)7-12/h3-4,6H,1-2,5,7H2. The van der Waals surface area contributed by atoms with E-state index in [4.69, 9.17) is 23.2 Å². The third-order valence-electron chi connectivity index (χ3n) is 1.89. The lowest BCUT2D eigenvalue weighted by atomic mass is 10.0. The molecule has 0 fully saturated rings. The van der Waals surface area contributed by atoms with Gasteiger partial charge in [0.15, 0.2) is 0 Å². The van der Waals surface area contributed by atoms with Crippen LogP contribution in [0.15, 0.2) is 18.2 Å². The average Bonchev–Trinajstić information content (AvgIpc) is 2.15. The topological polar surface area (TPSA) is 0 Å². The summed E-state index contributed by atoms with van der Waals surface area (Å²) in [4.78, 5) is 0. The third-order valence-corrected chi connectivity index (χ3v) is 2.45. The molecule has 0 aliphatic rings. The van der Waals surface area contributed by atoms with Gasteiger partial charge in [-0.15, -0.1) is 23.2 Å². The zero-order chi connectivity index (χ0) is 9.68. The Morgan fingerprint density at radius 2 is 1.92 bits per heavy atom. The smallest absolute Gasteiger partial charge is 0.123 e. The second kappa shape index (κ2) is 5.46. The molecule has 0 spiro atoms. The van der Waals surface area contributed by atoms with Gasteiger partial charge >= 0.3 is 0 Å². The summed E-state index contributed by atoms with van der Waals surface area (Å²) in [5.41, 5.74) is 1.96. The minimum absolute atomic E-state index is 0.210. The Kier molecular flexibility index (Phi) is 4.54. The third kappa shape index (κ3) is 3.17. The van der Waals surface area contributed by atoms with Crippen molar-refractivity contribution < 1.29 is 4.39 Å². The average molecular weight is 221 g/mol. The first-order valence-electron chi connectivity index (χ1n) is 4.17. The lowest BCUT2D eigenvalue weighted by Crippen LogP contribution is -1.94. The van der Waals surface area contributed by atoms with Crippen LogP contribution in [0.3, 0.4) is 0 Å². The zero-order valence-electron chi connectivity index (χ0n) is 7.19. The Morgan fingerprint density at radius 1 is 1.15 bits per heavy atom. The molecule has 0 atom stereocenters. The quantitative estimate of drug-likeness (QED) is 0.679. The van der Waals surface area contributed by atoms with Gasteiger partial charge in [0.1, 0.15) is 5.82 Å². The normalized spacial score (nSPS) is 10.4. The minimum atomic E-state index is -0.210. The molecule has 0 saturated carbocycles. The second-order valence-corrected chi connectivity index (χ2v) is 3.48. The summed E-state index contributed by atoms with van der Waals surface area (Å²) in [5.74, 6) is 0.814. The van der Waals surface area contributed by atoms with Gasteiger partial charge in [-0.25, -0.2) is 4.39 Å². The lowest BCUT2D eigenvalue weighted by Gasteiger charge is -2.05. The maximum Gasteiger partial charge on any atom is 0.123 e. The molecule has 1 rings (SSSR count). The van der Waals surface area contributed by atoms with E-state index in [2.05, 4.69) is 0 Å². The molecule has 0 aromatic heterocycles. The molecule has 1 aromatic carbocycles. The van der Waals surface area contributed by atoms with Crippen molar-refractivity contribution in [3.05, 3.63) is 35.1 Å².